The first-order valence-corrected chi connectivity index (χ1v) is 4.65. The van der Waals surface area contributed by atoms with Gasteiger partial charge in [-0.3, -0.25) is 0 Å². The summed E-state index contributed by atoms with van der Waals surface area (Å²) in [5.41, 5.74) is -0.473. The van der Waals surface area contributed by atoms with Gasteiger partial charge >= 0.3 is 6.09 Å². The summed E-state index contributed by atoms with van der Waals surface area (Å²) in [5, 5.41) is 13.2. The van der Waals surface area contributed by atoms with E-state index in [9.17, 15) is 4.79 Å². The van der Waals surface area contributed by atoms with Gasteiger partial charge in [0.2, 0.25) is 0 Å². The Hall–Kier alpha value is -1.66. The van der Waals surface area contributed by atoms with E-state index >= 15 is 0 Å². The van der Waals surface area contributed by atoms with Gasteiger partial charge in [0.25, 0.3) is 0 Å². The van der Waals surface area contributed by atoms with E-state index in [1.165, 1.54) is 11.0 Å². The number of nitrogens with zero attached hydrogens (tertiary/aromatic N) is 4. The maximum Gasteiger partial charge on any atom is 0.407 e. The number of hydrogen-bond acceptors (Lipinski definition) is 5. The van der Waals surface area contributed by atoms with Gasteiger partial charge in [0.15, 0.2) is 0 Å². The second-order valence-electron chi connectivity index (χ2n) is 4.00. The lowest BCUT2D eigenvalue weighted by Gasteiger charge is -2.19. The molecule has 0 fully saturated rings. The molecule has 7 nitrogen and oxygen atoms in total. The zero-order valence-corrected chi connectivity index (χ0v) is 9.10. The fourth-order valence-electron chi connectivity index (χ4n) is 0.869. The summed E-state index contributed by atoms with van der Waals surface area (Å²) in [6.07, 6.45) is 1.05. The van der Waals surface area contributed by atoms with E-state index < -0.39 is 11.7 Å². The van der Waals surface area contributed by atoms with E-state index in [0.29, 0.717) is 13.1 Å². The first-order chi connectivity index (χ1) is 6.97. The molecule has 0 aliphatic rings. The van der Waals surface area contributed by atoms with Crippen molar-refractivity contribution < 1.29 is 9.53 Å². The lowest BCUT2D eigenvalue weighted by atomic mass is 10.2. The van der Waals surface area contributed by atoms with E-state index in [4.69, 9.17) is 4.74 Å². The Labute approximate surface area is 87.8 Å². The Morgan fingerprint density at radius 2 is 2.27 bits per heavy atom. The van der Waals surface area contributed by atoms with Crippen molar-refractivity contribution in [2.24, 2.45) is 0 Å². The van der Waals surface area contributed by atoms with Crippen LogP contribution in [0.25, 0.3) is 0 Å². The van der Waals surface area contributed by atoms with Crippen LogP contribution in [0, 0.1) is 0 Å². The minimum absolute atomic E-state index is 0.431. The lowest BCUT2D eigenvalue weighted by Crippen LogP contribution is -2.34. The fourth-order valence-corrected chi connectivity index (χ4v) is 0.869. The predicted octanol–water partition coefficient (Wildman–Crippen LogP) is 0.198. The Balaban J connectivity index is 2.18. The van der Waals surface area contributed by atoms with E-state index in [0.717, 1.165) is 0 Å². The maximum absolute atomic E-state index is 11.2. The quantitative estimate of drug-likeness (QED) is 0.775. The summed E-state index contributed by atoms with van der Waals surface area (Å²) in [4.78, 5) is 11.2. The highest BCUT2D eigenvalue weighted by molar-refractivity contribution is 5.67. The van der Waals surface area contributed by atoms with Gasteiger partial charge in [0, 0.05) is 6.54 Å². The molecular weight excluding hydrogens is 198 g/mol. The molecule has 1 aromatic heterocycles. The van der Waals surface area contributed by atoms with Gasteiger partial charge in [0.05, 0.1) is 6.54 Å². The Morgan fingerprint density at radius 3 is 2.80 bits per heavy atom. The van der Waals surface area contributed by atoms with Crippen LogP contribution in [0.2, 0.25) is 0 Å². The van der Waals surface area contributed by atoms with Crippen LogP contribution >= 0.6 is 0 Å². The van der Waals surface area contributed by atoms with Crippen molar-refractivity contribution in [1.29, 1.82) is 0 Å². The van der Waals surface area contributed by atoms with E-state index in [1.54, 1.807) is 0 Å². The number of hydrogen-bond donors (Lipinski definition) is 1. The van der Waals surface area contributed by atoms with E-state index in [1.807, 2.05) is 20.8 Å². The molecule has 0 spiro atoms. The van der Waals surface area contributed by atoms with Gasteiger partial charge in [-0.15, -0.1) is 5.10 Å². The molecule has 0 atom stereocenters. The van der Waals surface area contributed by atoms with Crippen molar-refractivity contribution in [1.82, 2.24) is 25.5 Å². The molecule has 1 heterocycles. The first-order valence-electron chi connectivity index (χ1n) is 4.65. The molecule has 7 heteroatoms. The molecule has 0 aromatic carbocycles. The number of alkyl carbamates (subject to hydrolysis) is 1. The predicted molar refractivity (Wildman–Crippen MR) is 52.1 cm³/mol. The van der Waals surface area contributed by atoms with Gasteiger partial charge < -0.3 is 10.1 Å². The Kier molecular flexibility index (Phi) is 3.59. The number of amides is 1. The zero-order chi connectivity index (χ0) is 11.3. The number of ether oxygens (including phenoxy) is 1. The van der Waals surface area contributed by atoms with Crippen LogP contribution in [0.3, 0.4) is 0 Å². The Bertz CT molecular complexity index is 303. The molecule has 15 heavy (non-hydrogen) atoms. The van der Waals surface area contributed by atoms with Crippen molar-refractivity contribution in [3.63, 3.8) is 0 Å². The second kappa shape index (κ2) is 4.72. The van der Waals surface area contributed by atoms with Crippen molar-refractivity contribution in [3.05, 3.63) is 6.33 Å². The monoisotopic (exact) mass is 213 g/mol. The van der Waals surface area contributed by atoms with Crippen LogP contribution in [0.5, 0.6) is 0 Å². The third kappa shape index (κ3) is 4.94. The van der Waals surface area contributed by atoms with Crippen molar-refractivity contribution >= 4 is 6.09 Å². The minimum Gasteiger partial charge on any atom is -0.444 e. The lowest BCUT2D eigenvalue weighted by molar-refractivity contribution is 0.0525. The average Bonchev–Trinajstić information content (AvgIpc) is 2.53. The van der Waals surface area contributed by atoms with Gasteiger partial charge in [-0.25, -0.2) is 9.48 Å². The number of rotatable bonds is 3. The summed E-state index contributed by atoms with van der Waals surface area (Å²) in [7, 11) is 0. The second-order valence-corrected chi connectivity index (χ2v) is 4.00. The van der Waals surface area contributed by atoms with Crippen LogP contribution < -0.4 is 5.32 Å². The highest BCUT2D eigenvalue weighted by Crippen LogP contribution is 2.05. The molecule has 0 saturated carbocycles. The van der Waals surface area contributed by atoms with Gasteiger partial charge in [-0.05, 0) is 31.2 Å². The van der Waals surface area contributed by atoms with E-state index in [-0.39, 0.29) is 0 Å². The van der Waals surface area contributed by atoms with Crippen molar-refractivity contribution in [3.8, 4) is 0 Å². The normalized spacial score (nSPS) is 11.1. The molecule has 0 unspecified atom stereocenters. The molecule has 1 aromatic rings. The number of aromatic nitrogens is 4. The fraction of sp³-hybridized carbons (Fsp3) is 0.750. The molecule has 1 rings (SSSR count). The summed E-state index contributed by atoms with van der Waals surface area (Å²) < 4.78 is 6.57. The van der Waals surface area contributed by atoms with E-state index in [2.05, 4.69) is 20.8 Å². The highest BCUT2D eigenvalue weighted by atomic mass is 16.6. The zero-order valence-electron chi connectivity index (χ0n) is 9.10. The summed E-state index contributed by atoms with van der Waals surface area (Å²) in [5.74, 6) is 0. The molecule has 1 N–H and O–H groups in total. The molecule has 0 aliphatic carbocycles. The van der Waals surface area contributed by atoms with Crippen molar-refractivity contribution in [2.75, 3.05) is 6.54 Å². The van der Waals surface area contributed by atoms with Crippen LogP contribution in [-0.2, 0) is 11.3 Å². The first kappa shape index (κ1) is 11.4. The third-order valence-corrected chi connectivity index (χ3v) is 1.40. The third-order valence-electron chi connectivity index (χ3n) is 1.40. The average molecular weight is 213 g/mol. The topological polar surface area (TPSA) is 81.9 Å². The molecule has 0 radical (unpaired) electrons. The standard InChI is InChI=1S/C8H15N5O2/c1-8(2,3)15-7(14)9-4-5-13-6-10-11-12-13/h6H,4-5H2,1-3H3,(H,9,14). The number of carbonyl (C=O) groups is 1. The summed E-state index contributed by atoms with van der Waals surface area (Å²) in [6, 6.07) is 0. The van der Waals surface area contributed by atoms with Crippen LogP contribution in [-0.4, -0.2) is 38.4 Å². The highest BCUT2D eigenvalue weighted by Gasteiger charge is 2.15. The molecule has 0 aliphatic heterocycles. The Morgan fingerprint density at radius 1 is 1.53 bits per heavy atom. The van der Waals surface area contributed by atoms with Gasteiger partial charge in [-0.2, -0.15) is 0 Å². The molecule has 0 bridgehead atoms. The number of nitrogens with one attached hydrogen (secondary N) is 1. The SMILES string of the molecule is CC(C)(C)OC(=O)NCCn1cnnn1. The molecule has 84 valence electrons. The summed E-state index contributed by atoms with van der Waals surface area (Å²) >= 11 is 0. The van der Waals surface area contributed by atoms with Gasteiger partial charge in [0.1, 0.15) is 11.9 Å². The van der Waals surface area contributed by atoms with Crippen LogP contribution in [0.15, 0.2) is 6.33 Å². The number of tetrazole rings is 1. The van der Waals surface area contributed by atoms with Crippen molar-refractivity contribution in [2.45, 2.75) is 32.9 Å². The summed E-state index contributed by atoms with van der Waals surface area (Å²) in [6.45, 7) is 6.39. The van der Waals surface area contributed by atoms with Crippen LogP contribution in [0.4, 0.5) is 4.79 Å². The maximum atomic E-state index is 11.2. The number of carbonyl (C=O) groups excluding carboxylic acids is 1. The largest absolute Gasteiger partial charge is 0.444 e. The smallest absolute Gasteiger partial charge is 0.407 e. The molecular formula is C8H15N5O2. The molecule has 1 amide bonds. The minimum atomic E-state index is -0.473. The van der Waals surface area contributed by atoms with Crippen LogP contribution in [0.1, 0.15) is 20.8 Å². The van der Waals surface area contributed by atoms with Gasteiger partial charge in [-0.1, -0.05) is 0 Å². The molecule has 0 saturated heterocycles.